The van der Waals surface area contributed by atoms with Crippen molar-refractivity contribution in [3.8, 4) is 5.82 Å². The molecular formula is C11H12N6O3. The van der Waals surface area contributed by atoms with Crippen molar-refractivity contribution in [1.29, 1.82) is 0 Å². The fraction of sp³-hybridized carbons (Fsp3) is 0.182. The Bertz CT molecular complexity index is 612. The minimum absolute atomic E-state index is 0.362. The Morgan fingerprint density at radius 1 is 1.50 bits per heavy atom. The number of carboxylic acid groups (broad SMARTS) is 1. The molecule has 0 fully saturated rings. The molecule has 20 heavy (non-hydrogen) atoms. The van der Waals surface area contributed by atoms with Crippen LogP contribution in [0.5, 0.6) is 0 Å². The number of aliphatic carboxylic acids is 1. The van der Waals surface area contributed by atoms with Gasteiger partial charge >= 0.3 is 5.97 Å². The Morgan fingerprint density at radius 2 is 2.30 bits per heavy atom. The van der Waals surface area contributed by atoms with Gasteiger partial charge in [0.1, 0.15) is 12.7 Å². The van der Waals surface area contributed by atoms with Crippen LogP contribution in [-0.4, -0.2) is 42.8 Å². The maximum atomic E-state index is 11.8. The van der Waals surface area contributed by atoms with E-state index in [0.717, 1.165) is 0 Å². The number of pyridine rings is 1. The summed E-state index contributed by atoms with van der Waals surface area (Å²) in [5, 5.41) is 15.0. The van der Waals surface area contributed by atoms with Crippen LogP contribution < -0.4 is 11.1 Å². The number of carboxylic acids is 1. The quantitative estimate of drug-likeness (QED) is 0.663. The van der Waals surface area contributed by atoms with Gasteiger partial charge in [-0.1, -0.05) is 0 Å². The largest absolute Gasteiger partial charge is 0.481 e. The lowest BCUT2D eigenvalue weighted by Crippen LogP contribution is -2.37. The second kappa shape index (κ2) is 5.89. The van der Waals surface area contributed by atoms with E-state index < -0.39 is 24.3 Å². The summed E-state index contributed by atoms with van der Waals surface area (Å²) in [6.07, 6.45) is 3.83. The zero-order chi connectivity index (χ0) is 14.5. The van der Waals surface area contributed by atoms with Gasteiger partial charge in [0, 0.05) is 6.20 Å². The second-order valence-corrected chi connectivity index (χ2v) is 3.91. The van der Waals surface area contributed by atoms with Crippen LogP contribution in [0.3, 0.4) is 0 Å². The Labute approximate surface area is 113 Å². The fourth-order valence-electron chi connectivity index (χ4n) is 1.50. The van der Waals surface area contributed by atoms with E-state index in [2.05, 4.69) is 20.4 Å². The van der Waals surface area contributed by atoms with E-state index in [1.165, 1.54) is 23.5 Å². The van der Waals surface area contributed by atoms with Crippen LogP contribution in [0, 0.1) is 0 Å². The predicted octanol–water partition coefficient (Wildman–Crippen LogP) is -0.597. The fourth-order valence-corrected chi connectivity index (χ4v) is 1.50. The molecule has 0 aliphatic rings. The smallest absolute Gasteiger partial charge is 0.305 e. The van der Waals surface area contributed by atoms with Gasteiger partial charge in [-0.25, -0.2) is 14.6 Å². The van der Waals surface area contributed by atoms with E-state index in [0.29, 0.717) is 11.5 Å². The van der Waals surface area contributed by atoms with Crippen molar-refractivity contribution in [2.75, 3.05) is 5.32 Å². The first kappa shape index (κ1) is 13.6. The normalized spacial score (nSPS) is 11.8. The van der Waals surface area contributed by atoms with E-state index in [4.69, 9.17) is 10.8 Å². The number of anilines is 1. The van der Waals surface area contributed by atoms with E-state index in [9.17, 15) is 9.59 Å². The van der Waals surface area contributed by atoms with Crippen molar-refractivity contribution < 1.29 is 14.7 Å². The molecule has 0 saturated carbocycles. The number of nitrogens with two attached hydrogens (primary N) is 1. The lowest BCUT2D eigenvalue weighted by molar-refractivity contribution is -0.138. The minimum atomic E-state index is -1.14. The second-order valence-electron chi connectivity index (χ2n) is 3.91. The van der Waals surface area contributed by atoms with E-state index in [-0.39, 0.29) is 0 Å². The van der Waals surface area contributed by atoms with Gasteiger partial charge in [0.05, 0.1) is 18.2 Å². The van der Waals surface area contributed by atoms with Crippen LogP contribution in [0.4, 0.5) is 5.69 Å². The monoisotopic (exact) mass is 276 g/mol. The molecule has 0 aliphatic heterocycles. The van der Waals surface area contributed by atoms with Gasteiger partial charge in [0.25, 0.3) is 0 Å². The number of amides is 1. The molecule has 0 aliphatic carbocycles. The van der Waals surface area contributed by atoms with Crippen LogP contribution >= 0.6 is 0 Å². The molecule has 4 N–H and O–H groups in total. The Balaban J connectivity index is 2.18. The summed E-state index contributed by atoms with van der Waals surface area (Å²) in [6, 6.07) is 2.09. The summed E-state index contributed by atoms with van der Waals surface area (Å²) in [4.78, 5) is 30.2. The number of hydrogen-bond acceptors (Lipinski definition) is 6. The first-order valence-electron chi connectivity index (χ1n) is 5.66. The van der Waals surface area contributed by atoms with Gasteiger partial charge in [-0.05, 0) is 12.1 Å². The van der Waals surface area contributed by atoms with Gasteiger partial charge in [-0.3, -0.25) is 9.59 Å². The first-order chi connectivity index (χ1) is 9.58. The maximum Gasteiger partial charge on any atom is 0.305 e. The van der Waals surface area contributed by atoms with Crippen molar-refractivity contribution in [3.05, 3.63) is 31.0 Å². The molecule has 0 saturated heterocycles. The summed E-state index contributed by atoms with van der Waals surface area (Å²) in [6.45, 7) is 0. The zero-order valence-corrected chi connectivity index (χ0v) is 10.3. The molecule has 0 bridgehead atoms. The Hall–Kier alpha value is -2.81. The average Bonchev–Trinajstić information content (AvgIpc) is 2.92. The molecule has 1 amide bonds. The molecule has 0 spiro atoms. The maximum absolute atomic E-state index is 11.8. The van der Waals surface area contributed by atoms with Crippen LogP contribution in [0.15, 0.2) is 31.0 Å². The number of nitrogens with one attached hydrogen (secondary N) is 1. The molecule has 2 rings (SSSR count). The molecule has 1 atom stereocenters. The van der Waals surface area contributed by atoms with Crippen molar-refractivity contribution in [1.82, 2.24) is 19.7 Å². The third kappa shape index (κ3) is 3.14. The van der Waals surface area contributed by atoms with E-state index in [1.54, 1.807) is 12.1 Å². The number of hydrogen-bond donors (Lipinski definition) is 3. The number of aromatic nitrogens is 4. The number of carbonyl (C=O) groups is 2. The minimum Gasteiger partial charge on any atom is -0.481 e. The molecule has 9 nitrogen and oxygen atoms in total. The lowest BCUT2D eigenvalue weighted by Gasteiger charge is -2.12. The highest BCUT2D eigenvalue weighted by atomic mass is 16.4. The molecular weight excluding hydrogens is 264 g/mol. The van der Waals surface area contributed by atoms with Gasteiger partial charge in [-0.15, -0.1) is 0 Å². The summed E-state index contributed by atoms with van der Waals surface area (Å²) in [5.41, 5.74) is 5.85. The highest BCUT2D eigenvalue weighted by Crippen LogP contribution is 2.15. The average molecular weight is 276 g/mol. The highest BCUT2D eigenvalue weighted by molar-refractivity contribution is 5.97. The third-order valence-corrected chi connectivity index (χ3v) is 2.41. The zero-order valence-electron chi connectivity index (χ0n) is 10.3. The summed E-state index contributed by atoms with van der Waals surface area (Å²) >= 11 is 0. The molecule has 2 heterocycles. The van der Waals surface area contributed by atoms with Crippen molar-refractivity contribution in [2.45, 2.75) is 12.5 Å². The molecule has 104 valence electrons. The molecule has 2 aromatic heterocycles. The molecule has 0 aromatic carbocycles. The third-order valence-electron chi connectivity index (χ3n) is 2.41. The van der Waals surface area contributed by atoms with Crippen LogP contribution in [-0.2, 0) is 9.59 Å². The van der Waals surface area contributed by atoms with Crippen LogP contribution in [0.2, 0.25) is 0 Å². The van der Waals surface area contributed by atoms with Gasteiger partial charge in [0.2, 0.25) is 5.91 Å². The number of carbonyl (C=O) groups excluding carboxylic acids is 1. The van der Waals surface area contributed by atoms with Crippen LogP contribution in [0.1, 0.15) is 6.42 Å². The van der Waals surface area contributed by atoms with Gasteiger partial charge in [0.15, 0.2) is 5.82 Å². The Kier molecular flexibility index (Phi) is 4.01. The lowest BCUT2D eigenvalue weighted by atomic mass is 10.2. The Morgan fingerprint density at radius 3 is 2.95 bits per heavy atom. The number of nitrogens with zero attached hydrogens (tertiary/aromatic N) is 4. The van der Waals surface area contributed by atoms with E-state index in [1.807, 2.05) is 0 Å². The van der Waals surface area contributed by atoms with Gasteiger partial charge < -0.3 is 16.2 Å². The topological polar surface area (TPSA) is 136 Å². The SMILES string of the molecule is NC(CC(=O)O)C(=O)Nc1cccnc1-n1cncn1. The standard InChI is InChI=1S/C11H12N6O3/c12-7(4-9(18)19)11(20)16-8-2-1-3-14-10(8)17-6-13-5-15-17/h1-3,5-7H,4,12H2,(H,16,20)(H,18,19). The summed E-state index contributed by atoms with van der Waals surface area (Å²) < 4.78 is 1.37. The van der Waals surface area contributed by atoms with Crippen molar-refractivity contribution in [2.24, 2.45) is 5.73 Å². The molecule has 2 aromatic rings. The highest BCUT2D eigenvalue weighted by Gasteiger charge is 2.18. The summed E-state index contributed by atoms with van der Waals surface area (Å²) in [5.74, 6) is -1.39. The van der Waals surface area contributed by atoms with E-state index >= 15 is 0 Å². The number of rotatable bonds is 5. The summed E-state index contributed by atoms with van der Waals surface area (Å²) in [7, 11) is 0. The predicted molar refractivity (Wildman–Crippen MR) is 68.0 cm³/mol. The van der Waals surface area contributed by atoms with Crippen molar-refractivity contribution >= 4 is 17.6 Å². The van der Waals surface area contributed by atoms with Gasteiger partial charge in [-0.2, -0.15) is 5.10 Å². The molecule has 1 unspecified atom stereocenters. The molecule has 9 heteroatoms. The van der Waals surface area contributed by atoms with Crippen molar-refractivity contribution in [3.63, 3.8) is 0 Å². The first-order valence-corrected chi connectivity index (χ1v) is 5.66. The van der Waals surface area contributed by atoms with Crippen LogP contribution in [0.25, 0.3) is 5.82 Å². The molecule has 0 radical (unpaired) electrons.